The number of aromatic nitrogens is 3. The van der Waals surface area contributed by atoms with Crippen LogP contribution >= 0.6 is 0 Å². The van der Waals surface area contributed by atoms with Gasteiger partial charge in [0.15, 0.2) is 5.65 Å². The minimum atomic E-state index is -0.320. The highest BCUT2D eigenvalue weighted by Crippen LogP contribution is 2.31. The van der Waals surface area contributed by atoms with Crippen LogP contribution < -0.4 is 14.5 Å². The zero-order chi connectivity index (χ0) is 25.9. The van der Waals surface area contributed by atoms with Crippen molar-refractivity contribution in [3.63, 3.8) is 0 Å². The van der Waals surface area contributed by atoms with Crippen molar-refractivity contribution < 1.29 is 19.4 Å². The smallest absolute Gasteiger partial charge is 0.245 e. The number of morpholine rings is 1. The van der Waals surface area contributed by atoms with Gasteiger partial charge in [-0.2, -0.15) is 9.97 Å². The molecule has 5 rings (SSSR count). The highest BCUT2D eigenvalue weighted by molar-refractivity contribution is 5.91. The number of rotatable bonds is 6. The topological polar surface area (TPSA) is 104 Å². The number of aliphatic hydroxyl groups is 1. The van der Waals surface area contributed by atoms with Gasteiger partial charge in [-0.15, -0.1) is 0 Å². The van der Waals surface area contributed by atoms with Crippen LogP contribution in [-0.2, 0) is 16.1 Å². The van der Waals surface area contributed by atoms with Gasteiger partial charge in [-0.1, -0.05) is 0 Å². The van der Waals surface area contributed by atoms with E-state index >= 15 is 0 Å². The third-order valence-electron chi connectivity index (χ3n) is 7.25. The van der Waals surface area contributed by atoms with Gasteiger partial charge in [-0.3, -0.25) is 4.79 Å². The number of fused-ring (bicyclic) bond motifs is 1. The normalized spacial score (nSPS) is 18.7. The van der Waals surface area contributed by atoms with Crippen LogP contribution in [0.15, 0.2) is 30.3 Å². The van der Waals surface area contributed by atoms with E-state index < -0.39 is 0 Å². The first-order valence-electron chi connectivity index (χ1n) is 12.8. The number of anilines is 2. The molecule has 1 atom stereocenters. The number of amides is 1. The molecule has 10 nitrogen and oxygen atoms in total. The number of methoxy groups -OCH3 is 1. The van der Waals surface area contributed by atoms with Gasteiger partial charge in [0.2, 0.25) is 11.9 Å². The van der Waals surface area contributed by atoms with E-state index in [4.69, 9.17) is 24.4 Å². The number of carbonyl (C=O) groups excluding carboxylic acids is 1. The van der Waals surface area contributed by atoms with E-state index in [9.17, 15) is 9.90 Å². The SMILES string of the molecule is COc1ccc(-c2ccc3c(N4CCOCC4)nc(N(C)C4CCCCN(C)C4=O)nc3n2)cc1CO. The van der Waals surface area contributed by atoms with E-state index in [-0.39, 0.29) is 18.6 Å². The van der Waals surface area contributed by atoms with Gasteiger partial charge in [0.05, 0.1) is 38.0 Å². The molecule has 0 spiro atoms. The third kappa shape index (κ3) is 5.03. The lowest BCUT2D eigenvalue weighted by Gasteiger charge is -2.31. The Balaban J connectivity index is 1.60. The molecule has 0 bridgehead atoms. The van der Waals surface area contributed by atoms with E-state index in [1.54, 1.807) is 12.0 Å². The van der Waals surface area contributed by atoms with Crippen molar-refractivity contribution in [2.45, 2.75) is 31.9 Å². The Bertz CT molecular complexity index is 1280. The minimum Gasteiger partial charge on any atom is -0.496 e. The first-order chi connectivity index (χ1) is 18.0. The summed E-state index contributed by atoms with van der Waals surface area (Å²) in [5.74, 6) is 2.01. The number of hydrogen-bond acceptors (Lipinski definition) is 9. The minimum absolute atomic E-state index is 0.0908. The van der Waals surface area contributed by atoms with Crippen molar-refractivity contribution in [3.05, 3.63) is 35.9 Å². The Hall–Kier alpha value is -3.50. The second-order valence-electron chi connectivity index (χ2n) is 9.58. The number of aliphatic hydroxyl groups excluding tert-OH is 1. The zero-order valence-electron chi connectivity index (χ0n) is 21.7. The van der Waals surface area contributed by atoms with Crippen molar-refractivity contribution in [2.75, 3.05) is 63.9 Å². The largest absolute Gasteiger partial charge is 0.496 e. The van der Waals surface area contributed by atoms with Crippen LogP contribution in [0, 0.1) is 0 Å². The summed E-state index contributed by atoms with van der Waals surface area (Å²) in [7, 11) is 5.34. The third-order valence-corrected chi connectivity index (χ3v) is 7.25. The lowest BCUT2D eigenvalue weighted by Crippen LogP contribution is -2.45. The number of benzene rings is 1. The fraction of sp³-hybridized carbons (Fsp3) is 0.481. The molecule has 3 aromatic rings. The van der Waals surface area contributed by atoms with Crippen LogP contribution in [0.25, 0.3) is 22.3 Å². The summed E-state index contributed by atoms with van der Waals surface area (Å²) in [4.78, 5) is 33.8. The van der Waals surface area contributed by atoms with Gasteiger partial charge in [0.25, 0.3) is 0 Å². The Kier molecular flexibility index (Phi) is 7.38. The molecular weight excluding hydrogens is 472 g/mol. The van der Waals surface area contributed by atoms with Crippen molar-refractivity contribution in [3.8, 4) is 17.0 Å². The van der Waals surface area contributed by atoms with Gasteiger partial charge >= 0.3 is 0 Å². The molecule has 2 aliphatic rings. The molecule has 2 fully saturated rings. The Labute approximate surface area is 216 Å². The lowest BCUT2D eigenvalue weighted by atomic mass is 10.1. The molecule has 1 aromatic carbocycles. The summed E-state index contributed by atoms with van der Waals surface area (Å²) in [6, 6.07) is 9.26. The van der Waals surface area contributed by atoms with Crippen molar-refractivity contribution in [2.24, 2.45) is 0 Å². The fourth-order valence-corrected chi connectivity index (χ4v) is 5.05. The Morgan fingerprint density at radius 2 is 1.92 bits per heavy atom. The maximum absolute atomic E-state index is 13.1. The van der Waals surface area contributed by atoms with Gasteiger partial charge in [-0.25, -0.2) is 4.98 Å². The molecule has 4 heterocycles. The second-order valence-corrected chi connectivity index (χ2v) is 9.58. The number of likely N-dealkylation sites (N-methyl/N-ethyl adjacent to an activating group) is 2. The van der Waals surface area contributed by atoms with Crippen LogP contribution in [0.5, 0.6) is 5.75 Å². The average Bonchev–Trinajstić information content (AvgIpc) is 3.11. The van der Waals surface area contributed by atoms with E-state index in [0.717, 1.165) is 61.4 Å². The van der Waals surface area contributed by atoms with E-state index in [1.165, 1.54) is 0 Å². The van der Waals surface area contributed by atoms with Crippen LogP contribution in [0.3, 0.4) is 0 Å². The summed E-state index contributed by atoms with van der Waals surface area (Å²) >= 11 is 0. The number of pyridine rings is 1. The highest BCUT2D eigenvalue weighted by atomic mass is 16.5. The van der Waals surface area contributed by atoms with Crippen LogP contribution in [0.4, 0.5) is 11.8 Å². The summed E-state index contributed by atoms with van der Waals surface area (Å²) in [5, 5.41) is 10.6. The van der Waals surface area contributed by atoms with Gasteiger partial charge in [-0.05, 0) is 49.6 Å². The van der Waals surface area contributed by atoms with Crippen LogP contribution in [0.1, 0.15) is 24.8 Å². The lowest BCUT2D eigenvalue weighted by molar-refractivity contribution is -0.130. The number of ether oxygens (including phenoxy) is 2. The summed E-state index contributed by atoms with van der Waals surface area (Å²) in [5.41, 5.74) is 2.84. The number of carbonyl (C=O) groups is 1. The maximum Gasteiger partial charge on any atom is 0.245 e. The van der Waals surface area contributed by atoms with Gasteiger partial charge < -0.3 is 29.3 Å². The standard InChI is InChI=1S/C27H34N6O4/c1-31-11-5-4-6-22(26(31)35)32(2)27-29-24-20(25(30-27)33-12-14-37-15-13-33)8-9-21(28-24)18-7-10-23(36-3)19(16-18)17-34/h7-10,16,22,34H,4-6,11-15,17H2,1-3H3. The van der Waals surface area contributed by atoms with Crippen molar-refractivity contribution in [1.29, 1.82) is 0 Å². The monoisotopic (exact) mass is 506 g/mol. The Morgan fingerprint density at radius 3 is 2.68 bits per heavy atom. The molecule has 2 saturated heterocycles. The van der Waals surface area contributed by atoms with E-state index in [2.05, 4.69) is 4.90 Å². The molecule has 10 heteroatoms. The molecular formula is C27H34N6O4. The van der Waals surface area contributed by atoms with E-state index in [0.29, 0.717) is 36.1 Å². The molecule has 2 aromatic heterocycles. The highest BCUT2D eigenvalue weighted by Gasteiger charge is 2.31. The molecule has 0 saturated carbocycles. The quantitative estimate of drug-likeness (QED) is 0.540. The number of likely N-dealkylation sites (tertiary alicyclic amines) is 1. The first kappa shape index (κ1) is 25.2. The molecule has 0 radical (unpaired) electrons. The van der Waals surface area contributed by atoms with Gasteiger partial charge in [0, 0.05) is 44.9 Å². The second kappa shape index (κ2) is 10.9. The average molecular weight is 507 g/mol. The van der Waals surface area contributed by atoms with Crippen LogP contribution in [-0.4, -0.2) is 91.0 Å². The molecule has 37 heavy (non-hydrogen) atoms. The number of hydrogen-bond donors (Lipinski definition) is 1. The fourth-order valence-electron chi connectivity index (χ4n) is 5.05. The molecule has 0 aliphatic carbocycles. The van der Waals surface area contributed by atoms with Crippen LogP contribution in [0.2, 0.25) is 0 Å². The first-order valence-corrected chi connectivity index (χ1v) is 12.8. The van der Waals surface area contributed by atoms with E-state index in [1.807, 2.05) is 49.3 Å². The predicted molar refractivity (Wildman–Crippen MR) is 142 cm³/mol. The molecule has 1 unspecified atom stereocenters. The van der Waals surface area contributed by atoms with Crippen molar-refractivity contribution in [1.82, 2.24) is 19.9 Å². The molecule has 1 N–H and O–H groups in total. The predicted octanol–water partition coefficient (Wildman–Crippen LogP) is 2.48. The molecule has 1 amide bonds. The number of nitrogens with zero attached hydrogens (tertiary/aromatic N) is 6. The zero-order valence-corrected chi connectivity index (χ0v) is 21.7. The van der Waals surface area contributed by atoms with Crippen molar-refractivity contribution >= 4 is 28.7 Å². The van der Waals surface area contributed by atoms with Gasteiger partial charge in [0.1, 0.15) is 17.6 Å². The molecule has 2 aliphatic heterocycles. The summed E-state index contributed by atoms with van der Waals surface area (Å²) < 4.78 is 10.9. The maximum atomic E-state index is 13.1. The molecule has 196 valence electrons. The Morgan fingerprint density at radius 1 is 1.11 bits per heavy atom. The summed E-state index contributed by atoms with van der Waals surface area (Å²) in [6.45, 7) is 3.34. The summed E-state index contributed by atoms with van der Waals surface area (Å²) in [6.07, 6.45) is 2.73.